The van der Waals surface area contributed by atoms with Crippen molar-refractivity contribution in [3.05, 3.63) is 23.8 Å². The van der Waals surface area contributed by atoms with Crippen molar-refractivity contribution >= 4 is 5.97 Å². The zero-order valence-corrected chi connectivity index (χ0v) is 20.2. The van der Waals surface area contributed by atoms with Gasteiger partial charge in [-0.3, -0.25) is 4.79 Å². The summed E-state index contributed by atoms with van der Waals surface area (Å²) < 4.78 is 6.52. The van der Waals surface area contributed by atoms with Gasteiger partial charge in [0, 0.05) is 12.3 Å². The summed E-state index contributed by atoms with van der Waals surface area (Å²) in [4.78, 5) is 10.8. The first-order valence-electron chi connectivity index (χ1n) is 12.4. The van der Waals surface area contributed by atoms with E-state index in [9.17, 15) is 20.1 Å². The van der Waals surface area contributed by atoms with Crippen LogP contribution in [0.5, 0.6) is 0 Å². The van der Waals surface area contributed by atoms with E-state index < -0.39 is 24.3 Å². The number of ether oxygens (including phenoxy) is 1. The van der Waals surface area contributed by atoms with Crippen LogP contribution in [0, 0.1) is 23.2 Å². The molecule has 8 atom stereocenters. The molecule has 0 spiro atoms. The number of aliphatic hydroxyl groups is 3. The molecule has 2 rings (SSSR count). The molecule has 2 aliphatic carbocycles. The van der Waals surface area contributed by atoms with Gasteiger partial charge in [0.25, 0.3) is 0 Å². The van der Waals surface area contributed by atoms with E-state index in [4.69, 9.17) is 9.84 Å². The number of carboxylic acids is 1. The quantitative estimate of drug-likeness (QED) is 0.335. The van der Waals surface area contributed by atoms with E-state index >= 15 is 0 Å². The summed E-state index contributed by atoms with van der Waals surface area (Å²) >= 11 is 0. The van der Waals surface area contributed by atoms with Crippen molar-refractivity contribution in [2.24, 2.45) is 23.2 Å². The van der Waals surface area contributed by atoms with Gasteiger partial charge in [0.05, 0.1) is 37.4 Å². The van der Waals surface area contributed by atoms with Gasteiger partial charge in [0.1, 0.15) is 0 Å². The van der Waals surface area contributed by atoms with Crippen molar-refractivity contribution in [2.75, 3.05) is 6.61 Å². The number of fused-ring (bicyclic) bond motifs is 1. The van der Waals surface area contributed by atoms with Crippen LogP contribution < -0.4 is 0 Å². The van der Waals surface area contributed by atoms with E-state index in [1.54, 1.807) is 0 Å². The van der Waals surface area contributed by atoms with Crippen LogP contribution in [0.25, 0.3) is 0 Å². The molecule has 1 unspecified atom stereocenters. The highest BCUT2D eigenvalue weighted by atomic mass is 16.5. The second kappa shape index (κ2) is 12.3. The highest BCUT2D eigenvalue weighted by molar-refractivity contribution is 5.67. The molecule has 184 valence electrons. The van der Waals surface area contributed by atoms with Gasteiger partial charge in [0.2, 0.25) is 0 Å². The summed E-state index contributed by atoms with van der Waals surface area (Å²) in [6.07, 6.45) is 8.70. The van der Waals surface area contributed by atoms with Crippen LogP contribution in [0.15, 0.2) is 23.8 Å². The summed E-state index contributed by atoms with van der Waals surface area (Å²) in [6, 6.07) is 0. The van der Waals surface area contributed by atoms with Crippen molar-refractivity contribution in [2.45, 2.75) is 103 Å². The first-order valence-corrected chi connectivity index (χ1v) is 12.4. The van der Waals surface area contributed by atoms with Crippen LogP contribution in [-0.2, 0) is 9.53 Å². The molecule has 0 heterocycles. The Hall–Kier alpha value is -1.21. The van der Waals surface area contributed by atoms with Gasteiger partial charge in [-0.1, -0.05) is 52.3 Å². The first kappa shape index (κ1) is 27.0. The van der Waals surface area contributed by atoms with Crippen LogP contribution >= 0.6 is 0 Å². The third-order valence-corrected chi connectivity index (χ3v) is 7.51. The van der Waals surface area contributed by atoms with Gasteiger partial charge in [-0.15, -0.1) is 0 Å². The molecule has 0 radical (unpaired) electrons. The minimum Gasteiger partial charge on any atom is -0.481 e. The van der Waals surface area contributed by atoms with Crippen LogP contribution in [-0.4, -0.2) is 57.4 Å². The predicted octanol–water partition coefficient (Wildman–Crippen LogP) is 4.08. The molecular weight excluding hydrogens is 408 g/mol. The molecule has 0 aliphatic heterocycles. The number of allylic oxidation sites excluding steroid dienone is 2. The molecule has 0 bridgehead atoms. The molecule has 0 aromatic rings. The van der Waals surface area contributed by atoms with E-state index in [1.165, 1.54) is 0 Å². The second-order valence-electron chi connectivity index (χ2n) is 10.4. The molecular formula is C26H44O6. The maximum atomic E-state index is 10.8. The number of aliphatic carboxylic acids is 1. The third-order valence-electron chi connectivity index (χ3n) is 7.51. The second-order valence-corrected chi connectivity index (χ2v) is 10.4. The van der Waals surface area contributed by atoms with E-state index in [0.717, 1.165) is 31.3 Å². The first-order chi connectivity index (χ1) is 15.1. The van der Waals surface area contributed by atoms with Crippen molar-refractivity contribution in [3.8, 4) is 0 Å². The van der Waals surface area contributed by atoms with Gasteiger partial charge in [0.15, 0.2) is 0 Å². The standard InChI is InChI=1S/C26H44O6/c1-5-11-26(4,6-2)16-32-23-14-20(28)12-18-8-7-17(3)22(25(18)23)10-9-19(27)13-21(29)15-24(30)31/h7-8,12,17,19-23,25,27-29H,5-6,9-11,13-16H2,1-4H3,(H,30,31)/t17-,19-,20-,21-,22+,23+,25+,26?/m1/s1. The number of rotatable bonds is 13. The van der Waals surface area contributed by atoms with Crippen molar-refractivity contribution in [1.29, 1.82) is 0 Å². The molecule has 0 saturated heterocycles. The molecule has 32 heavy (non-hydrogen) atoms. The average Bonchev–Trinajstić information content (AvgIpc) is 2.71. The molecule has 0 amide bonds. The third kappa shape index (κ3) is 7.68. The molecule has 4 N–H and O–H groups in total. The fourth-order valence-electron chi connectivity index (χ4n) is 5.40. The van der Waals surface area contributed by atoms with Gasteiger partial charge < -0.3 is 25.2 Å². The molecule has 0 fully saturated rings. The number of aliphatic hydroxyl groups excluding tert-OH is 3. The van der Waals surface area contributed by atoms with Crippen LogP contribution in [0.4, 0.5) is 0 Å². The van der Waals surface area contributed by atoms with Gasteiger partial charge in [-0.2, -0.15) is 0 Å². The molecule has 0 aromatic heterocycles. The van der Waals surface area contributed by atoms with E-state index in [1.807, 2.05) is 6.08 Å². The number of carbonyl (C=O) groups is 1. The SMILES string of the molecule is CCCC(C)(CC)CO[C@H]1C[C@H](O)C=C2C=C[C@@H](C)[C@H](CC[C@@H](O)C[C@@H](O)CC(=O)O)[C@H]21. The highest BCUT2D eigenvalue weighted by Crippen LogP contribution is 2.44. The Labute approximate surface area is 193 Å². The van der Waals surface area contributed by atoms with E-state index in [2.05, 4.69) is 39.8 Å². The molecule has 2 aliphatic rings. The fraction of sp³-hybridized carbons (Fsp3) is 0.808. The highest BCUT2D eigenvalue weighted by Gasteiger charge is 2.41. The van der Waals surface area contributed by atoms with Crippen LogP contribution in [0.3, 0.4) is 0 Å². The maximum absolute atomic E-state index is 10.8. The number of hydrogen-bond donors (Lipinski definition) is 4. The van der Waals surface area contributed by atoms with Crippen molar-refractivity contribution in [1.82, 2.24) is 0 Å². The molecule has 6 heteroatoms. The average molecular weight is 453 g/mol. The van der Waals surface area contributed by atoms with E-state index in [-0.39, 0.29) is 36.2 Å². The smallest absolute Gasteiger partial charge is 0.305 e. The summed E-state index contributed by atoms with van der Waals surface area (Å²) in [5.74, 6) is -0.331. The topological polar surface area (TPSA) is 107 Å². The Balaban J connectivity index is 2.08. The Morgan fingerprint density at radius 2 is 2.00 bits per heavy atom. The van der Waals surface area contributed by atoms with Gasteiger partial charge in [-0.25, -0.2) is 0 Å². The van der Waals surface area contributed by atoms with Crippen molar-refractivity contribution < 1.29 is 30.0 Å². The molecule has 0 saturated carbocycles. The summed E-state index contributed by atoms with van der Waals surface area (Å²) in [6.45, 7) is 9.52. The van der Waals surface area contributed by atoms with Crippen molar-refractivity contribution in [3.63, 3.8) is 0 Å². The summed E-state index contributed by atoms with van der Waals surface area (Å²) in [5, 5.41) is 39.5. The molecule has 6 nitrogen and oxygen atoms in total. The minimum absolute atomic E-state index is 0.0696. The lowest BCUT2D eigenvalue weighted by Crippen LogP contribution is -2.43. The lowest BCUT2D eigenvalue weighted by atomic mass is 9.66. The Morgan fingerprint density at radius 3 is 2.62 bits per heavy atom. The largest absolute Gasteiger partial charge is 0.481 e. The summed E-state index contributed by atoms with van der Waals surface area (Å²) in [7, 11) is 0. The van der Waals surface area contributed by atoms with Gasteiger partial charge >= 0.3 is 5.97 Å². The maximum Gasteiger partial charge on any atom is 0.305 e. The lowest BCUT2D eigenvalue weighted by molar-refractivity contribution is -0.139. The predicted molar refractivity (Wildman–Crippen MR) is 125 cm³/mol. The number of hydrogen-bond acceptors (Lipinski definition) is 5. The Bertz CT molecular complexity index is 659. The molecule has 0 aromatic carbocycles. The van der Waals surface area contributed by atoms with Crippen LogP contribution in [0.2, 0.25) is 0 Å². The Morgan fingerprint density at radius 1 is 1.28 bits per heavy atom. The normalized spacial score (nSPS) is 31.3. The zero-order chi connectivity index (χ0) is 23.9. The number of carboxylic acid groups (broad SMARTS) is 1. The summed E-state index contributed by atoms with van der Waals surface area (Å²) in [5.41, 5.74) is 1.24. The fourth-order valence-corrected chi connectivity index (χ4v) is 5.40. The minimum atomic E-state index is -1.06. The zero-order valence-electron chi connectivity index (χ0n) is 20.2. The lowest BCUT2D eigenvalue weighted by Gasteiger charge is -2.44. The monoisotopic (exact) mass is 452 g/mol. The Kier molecular flexibility index (Phi) is 10.4. The van der Waals surface area contributed by atoms with Gasteiger partial charge in [-0.05, 0) is 54.9 Å². The van der Waals surface area contributed by atoms with E-state index in [0.29, 0.717) is 25.4 Å². The van der Waals surface area contributed by atoms with Crippen LogP contribution in [0.1, 0.15) is 79.1 Å².